The summed E-state index contributed by atoms with van der Waals surface area (Å²) in [5.41, 5.74) is 4.28. The van der Waals surface area contributed by atoms with E-state index in [9.17, 15) is 14.4 Å². The van der Waals surface area contributed by atoms with Gasteiger partial charge in [0, 0.05) is 43.8 Å². The van der Waals surface area contributed by atoms with Gasteiger partial charge in [0.2, 0.25) is 11.8 Å². The summed E-state index contributed by atoms with van der Waals surface area (Å²) in [6.07, 6.45) is 3.53. The van der Waals surface area contributed by atoms with Crippen molar-refractivity contribution in [1.82, 2.24) is 15.1 Å². The summed E-state index contributed by atoms with van der Waals surface area (Å²) in [6.45, 7) is 1.10. The molecule has 1 fully saturated rings. The number of fused-ring (bicyclic) bond motifs is 3. The zero-order valence-corrected chi connectivity index (χ0v) is 19.9. The van der Waals surface area contributed by atoms with Gasteiger partial charge in [0.15, 0.2) is 0 Å². The number of ether oxygens (including phenoxy) is 1. The predicted octanol–water partition coefficient (Wildman–Crippen LogP) is 2.50. The number of anilines is 2. The fourth-order valence-electron chi connectivity index (χ4n) is 5.70. The van der Waals surface area contributed by atoms with E-state index in [1.54, 1.807) is 25.4 Å². The van der Waals surface area contributed by atoms with Crippen molar-refractivity contribution in [3.8, 4) is 0 Å². The highest BCUT2D eigenvalue weighted by molar-refractivity contribution is 6.07. The van der Waals surface area contributed by atoms with Crippen molar-refractivity contribution in [2.75, 3.05) is 23.8 Å². The van der Waals surface area contributed by atoms with Crippen molar-refractivity contribution >= 4 is 29.1 Å². The molecule has 0 bridgehead atoms. The van der Waals surface area contributed by atoms with Crippen LogP contribution in [0.15, 0.2) is 54.7 Å². The van der Waals surface area contributed by atoms with E-state index in [4.69, 9.17) is 4.74 Å². The van der Waals surface area contributed by atoms with Gasteiger partial charge in [0.25, 0.3) is 5.91 Å². The van der Waals surface area contributed by atoms with Crippen LogP contribution in [-0.4, -0.2) is 46.8 Å². The lowest BCUT2D eigenvalue weighted by atomic mass is 9.73. The first-order valence-electron chi connectivity index (χ1n) is 12.2. The van der Waals surface area contributed by atoms with Gasteiger partial charge in [-0.1, -0.05) is 30.3 Å². The Morgan fingerprint density at radius 2 is 1.97 bits per heavy atom. The number of nitrogens with zero attached hydrogens (tertiary/aromatic N) is 2. The van der Waals surface area contributed by atoms with Crippen molar-refractivity contribution < 1.29 is 19.1 Å². The molecule has 3 aromatic rings. The second-order valence-corrected chi connectivity index (χ2v) is 9.70. The molecule has 3 heterocycles. The van der Waals surface area contributed by atoms with E-state index < -0.39 is 11.5 Å². The molecule has 1 aliphatic carbocycles. The maximum Gasteiger partial charge on any atom is 0.270 e. The number of aryl methyl sites for hydroxylation is 1. The molecule has 2 atom stereocenters. The number of carbonyl (C=O) groups excluding carboxylic acids is 3. The molecule has 3 aliphatic rings. The Morgan fingerprint density at radius 3 is 2.72 bits per heavy atom. The van der Waals surface area contributed by atoms with Crippen LogP contribution < -0.4 is 16.0 Å². The molecular weight excluding hydrogens is 458 g/mol. The summed E-state index contributed by atoms with van der Waals surface area (Å²) in [4.78, 5) is 39.4. The highest BCUT2D eigenvalue weighted by Crippen LogP contribution is 2.45. The third kappa shape index (κ3) is 3.58. The molecule has 0 radical (unpaired) electrons. The first-order valence-corrected chi connectivity index (χ1v) is 12.2. The second-order valence-electron chi connectivity index (χ2n) is 9.70. The average molecular weight is 486 g/mol. The van der Waals surface area contributed by atoms with E-state index in [1.165, 1.54) is 10.2 Å². The Kier molecular flexibility index (Phi) is 5.37. The molecule has 6 rings (SSSR count). The SMILES string of the molecule is Cn1nccc1C(=O)NC(C(=O)Nc1ccc2c(c1)NC(=O)C21CCOCC1)C1Cc2ccccc21. The first kappa shape index (κ1) is 22.5. The largest absolute Gasteiger partial charge is 0.381 e. The summed E-state index contributed by atoms with van der Waals surface area (Å²) < 4.78 is 6.96. The van der Waals surface area contributed by atoms with Crippen molar-refractivity contribution in [2.45, 2.75) is 36.6 Å². The van der Waals surface area contributed by atoms with Crippen LogP contribution in [0.5, 0.6) is 0 Å². The summed E-state index contributed by atoms with van der Waals surface area (Å²) in [5, 5.41) is 13.0. The van der Waals surface area contributed by atoms with E-state index in [0.29, 0.717) is 49.5 Å². The van der Waals surface area contributed by atoms with Gasteiger partial charge in [-0.25, -0.2) is 0 Å². The predicted molar refractivity (Wildman–Crippen MR) is 133 cm³/mol. The minimum absolute atomic E-state index is 0.0170. The third-order valence-corrected chi connectivity index (χ3v) is 7.75. The van der Waals surface area contributed by atoms with Crippen molar-refractivity contribution in [1.29, 1.82) is 0 Å². The molecule has 36 heavy (non-hydrogen) atoms. The Labute approximate surface area is 208 Å². The van der Waals surface area contributed by atoms with Gasteiger partial charge in [-0.2, -0.15) is 5.10 Å². The summed E-state index contributed by atoms with van der Waals surface area (Å²) in [5.74, 6) is -0.827. The van der Waals surface area contributed by atoms with Gasteiger partial charge in [-0.15, -0.1) is 0 Å². The fraction of sp³-hybridized carbons (Fsp3) is 0.333. The highest BCUT2D eigenvalue weighted by Gasteiger charge is 2.47. The number of aromatic nitrogens is 2. The first-order chi connectivity index (χ1) is 17.5. The van der Waals surface area contributed by atoms with Crippen LogP contribution in [0.4, 0.5) is 11.4 Å². The zero-order chi connectivity index (χ0) is 24.9. The van der Waals surface area contributed by atoms with Crippen LogP contribution in [0.25, 0.3) is 0 Å². The fourth-order valence-corrected chi connectivity index (χ4v) is 5.70. The summed E-state index contributed by atoms with van der Waals surface area (Å²) in [7, 11) is 1.69. The van der Waals surface area contributed by atoms with Crippen LogP contribution in [0, 0.1) is 0 Å². The quantitative estimate of drug-likeness (QED) is 0.514. The lowest BCUT2D eigenvalue weighted by Crippen LogP contribution is -2.50. The molecule has 1 spiro atoms. The van der Waals surface area contributed by atoms with E-state index >= 15 is 0 Å². The van der Waals surface area contributed by atoms with Crippen LogP contribution in [0.1, 0.15) is 45.9 Å². The topological polar surface area (TPSA) is 114 Å². The van der Waals surface area contributed by atoms with Gasteiger partial charge in [-0.3, -0.25) is 19.1 Å². The Morgan fingerprint density at radius 1 is 1.17 bits per heavy atom. The molecule has 1 saturated heterocycles. The van der Waals surface area contributed by atoms with Gasteiger partial charge in [0.05, 0.1) is 5.41 Å². The Balaban J connectivity index is 1.25. The molecule has 9 nitrogen and oxygen atoms in total. The van der Waals surface area contributed by atoms with Crippen LogP contribution in [0.2, 0.25) is 0 Å². The van der Waals surface area contributed by atoms with E-state index in [2.05, 4.69) is 21.0 Å². The molecule has 3 N–H and O–H groups in total. The molecule has 2 unspecified atom stereocenters. The molecule has 0 saturated carbocycles. The smallest absolute Gasteiger partial charge is 0.270 e. The molecule has 2 aromatic carbocycles. The molecule has 2 aliphatic heterocycles. The van der Waals surface area contributed by atoms with E-state index in [1.807, 2.05) is 36.4 Å². The van der Waals surface area contributed by atoms with Crippen LogP contribution in [0.3, 0.4) is 0 Å². The Bertz CT molecular complexity index is 1370. The van der Waals surface area contributed by atoms with Crippen LogP contribution in [-0.2, 0) is 33.2 Å². The minimum Gasteiger partial charge on any atom is -0.381 e. The summed E-state index contributed by atoms with van der Waals surface area (Å²) in [6, 6.07) is 14.3. The molecule has 1 aromatic heterocycles. The lowest BCUT2D eigenvalue weighted by molar-refractivity contribution is -0.124. The number of rotatable bonds is 5. The van der Waals surface area contributed by atoms with Gasteiger partial charge >= 0.3 is 0 Å². The number of hydrogen-bond acceptors (Lipinski definition) is 5. The standard InChI is InChI=1S/C27H27N5O4/c1-32-22(8-11-28-32)24(33)31-23(19-14-16-4-2-3-5-18(16)19)25(34)29-17-6-7-20-21(15-17)30-26(35)27(20)9-12-36-13-10-27/h2-8,11,15,19,23H,9-10,12-14H2,1H3,(H,29,34)(H,30,35)(H,31,33). The number of benzene rings is 2. The van der Waals surface area contributed by atoms with Crippen molar-refractivity contribution in [3.63, 3.8) is 0 Å². The van der Waals surface area contributed by atoms with Gasteiger partial charge < -0.3 is 20.7 Å². The molecule has 9 heteroatoms. The van der Waals surface area contributed by atoms with E-state index in [-0.39, 0.29) is 23.6 Å². The second kappa shape index (κ2) is 8.60. The molecule has 184 valence electrons. The normalized spacial score (nSPS) is 20.0. The van der Waals surface area contributed by atoms with Crippen molar-refractivity contribution in [3.05, 3.63) is 77.1 Å². The third-order valence-electron chi connectivity index (χ3n) is 7.75. The van der Waals surface area contributed by atoms with Gasteiger partial charge in [0.1, 0.15) is 11.7 Å². The maximum atomic E-state index is 13.6. The number of amides is 3. The monoisotopic (exact) mass is 485 g/mol. The zero-order valence-electron chi connectivity index (χ0n) is 19.9. The van der Waals surface area contributed by atoms with Crippen molar-refractivity contribution in [2.24, 2.45) is 7.05 Å². The highest BCUT2D eigenvalue weighted by atomic mass is 16.5. The summed E-state index contributed by atoms with van der Waals surface area (Å²) >= 11 is 0. The number of nitrogens with one attached hydrogen (secondary N) is 3. The number of hydrogen-bond donors (Lipinski definition) is 3. The Hall–Kier alpha value is -3.98. The average Bonchev–Trinajstić information content (AvgIpc) is 3.40. The molecular formula is C27H27N5O4. The maximum absolute atomic E-state index is 13.6. The minimum atomic E-state index is -0.771. The lowest BCUT2D eigenvalue weighted by Gasteiger charge is -2.36. The van der Waals surface area contributed by atoms with Crippen LogP contribution >= 0.6 is 0 Å². The van der Waals surface area contributed by atoms with E-state index in [0.717, 1.165) is 11.1 Å². The number of carbonyl (C=O) groups is 3. The van der Waals surface area contributed by atoms with Gasteiger partial charge in [-0.05, 0) is 54.2 Å². The molecule has 3 amide bonds.